The topological polar surface area (TPSA) is 77.4 Å². The van der Waals surface area contributed by atoms with Gasteiger partial charge in [-0.3, -0.25) is 0 Å². The van der Waals surface area contributed by atoms with Gasteiger partial charge >= 0.3 is 0 Å². The van der Waals surface area contributed by atoms with Crippen LogP contribution in [-0.4, -0.2) is 60.9 Å². The first-order valence-corrected chi connectivity index (χ1v) is 4.95. The van der Waals surface area contributed by atoms with Crippen LogP contribution in [0.1, 0.15) is 6.92 Å². The molecule has 0 amide bonds. The maximum atomic E-state index is 9.83. The van der Waals surface area contributed by atoms with E-state index in [-0.39, 0.29) is 6.61 Å². The summed E-state index contributed by atoms with van der Waals surface area (Å²) in [6.07, 6.45) is -3.54. The molecule has 2 aliphatic rings. The Morgan fingerprint density at radius 1 is 1.20 bits per heavy atom. The Hall–Kier alpha value is -0.240. The van der Waals surface area contributed by atoms with Gasteiger partial charge in [0.1, 0.15) is 24.4 Å². The van der Waals surface area contributed by atoms with Crippen molar-refractivity contribution in [3.05, 3.63) is 0 Å². The summed E-state index contributed by atoms with van der Waals surface area (Å²) < 4.78 is 21.1. The molecule has 2 N–H and O–H groups in total. The maximum absolute atomic E-state index is 9.83. The molecular formula is C9H16O6. The fourth-order valence-corrected chi connectivity index (χ4v) is 2.03. The largest absolute Gasteiger partial charge is 0.394 e. The first-order chi connectivity index (χ1) is 7.17. The van der Waals surface area contributed by atoms with Crippen molar-refractivity contribution in [1.82, 2.24) is 0 Å². The molecule has 0 aromatic rings. The second kappa shape index (κ2) is 4.32. The Morgan fingerprint density at radius 3 is 2.47 bits per heavy atom. The van der Waals surface area contributed by atoms with Gasteiger partial charge in [0, 0.05) is 7.11 Å². The average molecular weight is 220 g/mol. The van der Waals surface area contributed by atoms with E-state index in [0.717, 1.165) is 0 Å². The molecule has 2 fully saturated rings. The summed E-state index contributed by atoms with van der Waals surface area (Å²) in [7, 11) is 1.43. The van der Waals surface area contributed by atoms with Crippen molar-refractivity contribution >= 4 is 0 Å². The minimum atomic E-state index is -0.896. The quantitative estimate of drug-likeness (QED) is 0.611. The highest BCUT2D eigenvalue weighted by molar-refractivity contribution is 4.94. The van der Waals surface area contributed by atoms with Crippen LogP contribution in [0.15, 0.2) is 0 Å². The van der Waals surface area contributed by atoms with E-state index in [1.165, 1.54) is 7.11 Å². The van der Waals surface area contributed by atoms with Gasteiger partial charge in [-0.05, 0) is 6.92 Å². The van der Waals surface area contributed by atoms with Gasteiger partial charge in [0.15, 0.2) is 12.6 Å². The second-order valence-corrected chi connectivity index (χ2v) is 3.72. The van der Waals surface area contributed by atoms with E-state index in [1.807, 2.05) is 0 Å². The monoisotopic (exact) mass is 220 g/mol. The number of rotatable bonds is 2. The van der Waals surface area contributed by atoms with E-state index in [2.05, 4.69) is 0 Å². The summed E-state index contributed by atoms with van der Waals surface area (Å²) >= 11 is 0. The van der Waals surface area contributed by atoms with Crippen molar-refractivity contribution in [3.63, 3.8) is 0 Å². The van der Waals surface area contributed by atoms with Crippen LogP contribution in [0.25, 0.3) is 0 Å². The van der Waals surface area contributed by atoms with Crippen LogP contribution in [0.5, 0.6) is 0 Å². The van der Waals surface area contributed by atoms with Crippen LogP contribution in [0.2, 0.25) is 0 Å². The molecule has 15 heavy (non-hydrogen) atoms. The third-order valence-corrected chi connectivity index (χ3v) is 2.72. The van der Waals surface area contributed by atoms with E-state index < -0.39 is 37.0 Å². The van der Waals surface area contributed by atoms with Crippen molar-refractivity contribution in [3.8, 4) is 0 Å². The highest BCUT2D eigenvalue weighted by Gasteiger charge is 2.51. The van der Waals surface area contributed by atoms with Gasteiger partial charge < -0.3 is 29.2 Å². The number of methoxy groups -OCH3 is 1. The van der Waals surface area contributed by atoms with Crippen molar-refractivity contribution in [2.24, 2.45) is 0 Å². The third kappa shape index (κ3) is 1.89. The molecule has 2 heterocycles. The van der Waals surface area contributed by atoms with Gasteiger partial charge in [0.05, 0.1) is 6.61 Å². The molecule has 2 aliphatic heterocycles. The molecule has 0 aromatic carbocycles. The first kappa shape index (κ1) is 11.3. The zero-order chi connectivity index (χ0) is 11.0. The van der Waals surface area contributed by atoms with Crippen molar-refractivity contribution < 1.29 is 29.2 Å². The standard InChI is InChI=1S/C9H16O6/c1-4-13-7-5(3-10)15-9(12-2)6(11)8(7)14-4/h4-11H,3H2,1-2H3/t4?,5-,6-,7+,8-,9+/m1/s1. The van der Waals surface area contributed by atoms with Crippen LogP contribution in [-0.2, 0) is 18.9 Å². The van der Waals surface area contributed by atoms with E-state index in [1.54, 1.807) is 6.92 Å². The zero-order valence-corrected chi connectivity index (χ0v) is 8.70. The lowest BCUT2D eigenvalue weighted by Gasteiger charge is -2.38. The number of hydrogen-bond acceptors (Lipinski definition) is 6. The van der Waals surface area contributed by atoms with Crippen molar-refractivity contribution in [2.75, 3.05) is 13.7 Å². The zero-order valence-electron chi connectivity index (χ0n) is 8.70. The van der Waals surface area contributed by atoms with Crippen LogP contribution >= 0.6 is 0 Å². The highest BCUT2D eigenvalue weighted by Crippen LogP contribution is 2.32. The lowest BCUT2D eigenvalue weighted by atomic mass is 9.99. The summed E-state index contributed by atoms with van der Waals surface area (Å²) in [5, 5.41) is 19.0. The van der Waals surface area contributed by atoms with Crippen molar-refractivity contribution in [2.45, 2.75) is 43.9 Å². The number of aliphatic hydroxyl groups is 2. The van der Waals surface area contributed by atoms with Crippen molar-refractivity contribution in [1.29, 1.82) is 0 Å². The number of fused-ring (bicyclic) bond motifs is 1. The predicted molar refractivity (Wildman–Crippen MR) is 48.0 cm³/mol. The van der Waals surface area contributed by atoms with Crippen LogP contribution in [0.3, 0.4) is 0 Å². The maximum Gasteiger partial charge on any atom is 0.186 e. The smallest absolute Gasteiger partial charge is 0.186 e. The molecule has 6 atom stereocenters. The Balaban J connectivity index is 2.13. The summed E-state index contributed by atoms with van der Waals surface area (Å²) in [6, 6.07) is 0. The molecule has 0 aliphatic carbocycles. The van der Waals surface area contributed by atoms with Gasteiger partial charge in [-0.2, -0.15) is 0 Å². The minimum Gasteiger partial charge on any atom is -0.394 e. The number of ether oxygens (including phenoxy) is 4. The van der Waals surface area contributed by atoms with Gasteiger partial charge in [-0.15, -0.1) is 0 Å². The average Bonchev–Trinajstić information content (AvgIpc) is 2.61. The molecule has 6 heteroatoms. The lowest BCUT2D eigenvalue weighted by molar-refractivity contribution is -0.274. The summed E-state index contributed by atoms with van der Waals surface area (Å²) in [5.74, 6) is 0. The number of hydrogen-bond donors (Lipinski definition) is 2. The van der Waals surface area contributed by atoms with E-state index in [4.69, 9.17) is 24.1 Å². The van der Waals surface area contributed by atoms with Crippen LogP contribution in [0.4, 0.5) is 0 Å². The fraction of sp³-hybridized carbons (Fsp3) is 1.00. The van der Waals surface area contributed by atoms with Gasteiger partial charge in [0.25, 0.3) is 0 Å². The molecule has 0 bridgehead atoms. The molecule has 0 aromatic heterocycles. The molecule has 0 saturated carbocycles. The molecule has 0 radical (unpaired) electrons. The van der Waals surface area contributed by atoms with Gasteiger partial charge in [0.2, 0.25) is 0 Å². The van der Waals surface area contributed by atoms with E-state index >= 15 is 0 Å². The summed E-state index contributed by atoms with van der Waals surface area (Å²) in [6.45, 7) is 1.55. The molecule has 0 spiro atoms. The Bertz CT molecular complexity index is 223. The van der Waals surface area contributed by atoms with E-state index in [9.17, 15) is 5.11 Å². The summed E-state index contributed by atoms with van der Waals surface area (Å²) in [5.41, 5.74) is 0. The van der Waals surface area contributed by atoms with Gasteiger partial charge in [-0.25, -0.2) is 0 Å². The second-order valence-electron chi connectivity index (χ2n) is 3.72. The Kier molecular flexibility index (Phi) is 3.24. The molecule has 6 nitrogen and oxygen atoms in total. The molecule has 2 saturated heterocycles. The first-order valence-electron chi connectivity index (χ1n) is 4.95. The molecule has 1 unspecified atom stereocenters. The molecule has 88 valence electrons. The SMILES string of the molecule is CO[C@H]1O[C@H](CO)[C@@H]2OC(C)O[C@@H]2[C@H]1O. The predicted octanol–water partition coefficient (Wildman–Crippen LogP) is -1.16. The Labute approximate surface area is 87.7 Å². The Morgan fingerprint density at radius 2 is 1.87 bits per heavy atom. The third-order valence-electron chi connectivity index (χ3n) is 2.72. The molecule has 2 rings (SSSR count). The van der Waals surface area contributed by atoms with Gasteiger partial charge in [-0.1, -0.05) is 0 Å². The van der Waals surface area contributed by atoms with Crippen LogP contribution < -0.4 is 0 Å². The number of aliphatic hydroxyl groups excluding tert-OH is 2. The molecular weight excluding hydrogens is 204 g/mol. The highest BCUT2D eigenvalue weighted by atomic mass is 16.8. The minimum absolute atomic E-state index is 0.191. The normalized spacial score (nSPS) is 50.4. The van der Waals surface area contributed by atoms with Crippen LogP contribution in [0, 0.1) is 0 Å². The lowest BCUT2D eigenvalue weighted by Crippen LogP contribution is -2.57. The van der Waals surface area contributed by atoms with E-state index in [0.29, 0.717) is 0 Å². The summed E-state index contributed by atoms with van der Waals surface area (Å²) in [4.78, 5) is 0. The fourth-order valence-electron chi connectivity index (χ4n) is 2.03.